The van der Waals surface area contributed by atoms with E-state index in [4.69, 9.17) is 9.47 Å². The molecular weight excluding hydrogens is 463 g/mol. The lowest BCUT2D eigenvalue weighted by atomic mass is 10.2. The lowest BCUT2D eigenvalue weighted by molar-refractivity contribution is 0.0732. The Morgan fingerprint density at radius 3 is 1.89 bits per heavy atom. The van der Waals surface area contributed by atoms with Gasteiger partial charge in [-0.2, -0.15) is 5.10 Å². The average Bonchev–Trinajstić information content (AvgIpc) is 2.91. The monoisotopic (exact) mass is 482 g/mol. The number of hydrogen-bond acceptors (Lipinski definition) is 6. The number of hydrazone groups is 1. The van der Waals surface area contributed by atoms with Gasteiger partial charge in [-0.25, -0.2) is 19.4 Å². The number of amides is 1. The summed E-state index contributed by atoms with van der Waals surface area (Å²) >= 11 is 0. The Hall–Kier alpha value is -5.11. The molecule has 4 aromatic rings. The van der Waals surface area contributed by atoms with E-state index >= 15 is 0 Å². The minimum Gasteiger partial charge on any atom is -0.423 e. The number of esters is 2. The summed E-state index contributed by atoms with van der Waals surface area (Å²) in [6, 6.07) is 26.2. The summed E-state index contributed by atoms with van der Waals surface area (Å²) < 4.78 is 24.0. The third-order valence-corrected chi connectivity index (χ3v) is 4.89. The molecule has 0 radical (unpaired) electrons. The van der Waals surface area contributed by atoms with Crippen molar-refractivity contribution in [3.63, 3.8) is 0 Å². The van der Waals surface area contributed by atoms with E-state index in [-0.39, 0.29) is 17.1 Å². The van der Waals surface area contributed by atoms with Crippen LogP contribution in [0.5, 0.6) is 11.5 Å². The Bertz CT molecular complexity index is 1410. The molecule has 0 spiro atoms. The summed E-state index contributed by atoms with van der Waals surface area (Å²) in [5, 5.41) is 3.90. The Balaban J connectivity index is 1.55. The number of ether oxygens (including phenoxy) is 2. The smallest absolute Gasteiger partial charge is 0.343 e. The van der Waals surface area contributed by atoms with Gasteiger partial charge in [-0.15, -0.1) is 0 Å². The molecule has 8 heteroatoms. The van der Waals surface area contributed by atoms with Crippen LogP contribution in [0.1, 0.15) is 36.6 Å². The number of halogens is 1. The maximum Gasteiger partial charge on any atom is 0.343 e. The fraction of sp³-hybridized carbons (Fsp3) is 0. The second-order valence-electron chi connectivity index (χ2n) is 7.42. The van der Waals surface area contributed by atoms with Crippen molar-refractivity contribution in [2.24, 2.45) is 5.10 Å². The van der Waals surface area contributed by atoms with Crippen LogP contribution in [0.4, 0.5) is 4.39 Å². The Morgan fingerprint density at radius 2 is 1.28 bits per heavy atom. The van der Waals surface area contributed by atoms with Crippen molar-refractivity contribution in [1.29, 1.82) is 0 Å². The molecular formula is C28H19FN2O5. The van der Waals surface area contributed by atoms with Crippen molar-refractivity contribution in [3.8, 4) is 11.5 Å². The number of benzene rings is 4. The van der Waals surface area contributed by atoms with Crippen LogP contribution in [0.25, 0.3) is 0 Å². The van der Waals surface area contributed by atoms with E-state index < -0.39 is 23.7 Å². The molecule has 1 N–H and O–H groups in total. The highest BCUT2D eigenvalue weighted by Crippen LogP contribution is 2.26. The quantitative estimate of drug-likeness (QED) is 0.173. The number of rotatable bonds is 7. The molecule has 0 atom stereocenters. The van der Waals surface area contributed by atoms with Crippen LogP contribution in [0.3, 0.4) is 0 Å². The van der Waals surface area contributed by atoms with Crippen LogP contribution >= 0.6 is 0 Å². The van der Waals surface area contributed by atoms with E-state index in [0.29, 0.717) is 16.7 Å². The molecule has 0 saturated heterocycles. The van der Waals surface area contributed by atoms with E-state index in [1.807, 2.05) is 0 Å². The normalized spacial score (nSPS) is 10.6. The van der Waals surface area contributed by atoms with Gasteiger partial charge in [0.2, 0.25) is 0 Å². The highest BCUT2D eigenvalue weighted by Gasteiger charge is 2.15. The zero-order chi connectivity index (χ0) is 25.3. The van der Waals surface area contributed by atoms with Gasteiger partial charge in [-0.1, -0.05) is 36.4 Å². The van der Waals surface area contributed by atoms with Crippen LogP contribution in [0.15, 0.2) is 108 Å². The number of hydrogen-bond donors (Lipinski definition) is 1. The van der Waals surface area contributed by atoms with Crippen molar-refractivity contribution < 1.29 is 28.2 Å². The van der Waals surface area contributed by atoms with Crippen molar-refractivity contribution in [3.05, 3.63) is 131 Å². The topological polar surface area (TPSA) is 94.1 Å². The summed E-state index contributed by atoms with van der Waals surface area (Å²) in [4.78, 5) is 37.3. The molecule has 0 aliphatic carbocycles. The lowest BCUT2D eigenvalue weighted by Crippen LogP contribution is -2.17. The summed E-state index contributed by atoms with van der Waals surface area (Å²) in [5.74, 6) is -2.03. The van der Waals surface area contributed by atoms with Crippen LogP contribution in [0, 0.1) is 5.82 Å². The SMILES string of the molecule is O=C(NN=Cc1ccc(OC(=O)c2ccccc2)cc1OC(=O)c1ccccc1)c1ccc(F)cc1. The minimum absolute atomic E-state index is 0.0574. The van der Waals surface area contributed by atoms with Gasteiger partial charge in [0.25, 0.3) is 5.91 Å². The molecule has 0 bridgehead atoms. The van der Waals surface area contributed by atoms with Crippen molar-refractivity contribution in [2.45, 2.75) is 0 Å². The summed E-state index contributed by atoms with van der Waals surface area (Å²) in [6.07, 6.45) is 1.28. The van der Waals surface area contributed by atoms with E-state index in [1.165, 1.54) is 36.5 Å². The van der Waals surface area contributed by atoms with Gasteiger partial charge in [0.1, 0.15) is 17.3 Å². The maximum atomic E-state index is 13.1. The second-order valence-corrected chi connectivity index (χ2v) is 7.42. The van der Waals surface area contributed by atoms with E-state index in [9.17, 15) is 18.8 Å². The molecule has 0 saturated carbocycles. The first-order valence-corrected chi connectivity index (χ1v) is 10.8. The first-order valence-electron chi connectivity index (χ1n) is 10.8. The first kappa shape index (κ1) is 24.0. The van der Waals surface area contributed by atoms with Crippen LogP contribution < -0.4 is 14.9 Å². The van der Waals surface area contributed by atoms with Crippen molar-refractivity contribution >= 4 is 24.1 Å². The summed E-state index contributed by atoms with van der Waals surface area (Å²) in [5.41, 5.74) is 3.55. The number of nitrogens with zero attached hydrogens (tertiary/aromatic N) is 1. The number of carbonyl (C=O) groups is 3. The molecule has 4 rings (SSSR count). The van der Waals surface area contributed by atoms with E-state index in [2.05, 4.69) is 10.5 Å². The third-order valence-electron chi connectivity index (χ3n) is 4.89. The van der Waals surface area contributed by atoms with Gasteiger partial charge in [0.05, 0.1) is 17.3 Å². The standard InChI is InChI=1S/C28H19FN2O5/c29-23-14-11-19(12-15-23)26(32)31-30-18-22-13-16-24(35-27(33)20-7-3-1-4-8-20)17-25(22)36-28(34)21-9-5-2-6-10-21/h1-18H,(H,31,32). The Labute approximate surface area is 205 Å². The lowest BCUT2D eigenvalue weighted by Gasteiger charge is -2.10. The van der Waals surface area contributed by atoms with Gasteiger partial charge in [0, 0.05) is 17.2 Å². The van der Waals surface area contributed by atoms with Gasteiger partial charge in [-0.05, 0) is 60.7 Å². The van der Waals surface area contributed by atoms with Crippen molar-refractivity contribution in [2.75, 3.05) is 0 Å². The highest BCUT2D eigenvalue weighted by atomic mass is 19.1. The van der Waals surface area contributed by atoms with Gasteiger partial charge < -0.3 is 9.47 Å². The fourth-order valence-corrected chi connectivity index (χ4v) is 3.07. The number of nitrogens with one attached hydrogen (secondary N) is 1. The molecule has 0 fully saturated rings. The maximum absolute atomic E-state index is 13.1. The Morgan fingerprint density at radius 1 is 0.694 bits per heavy atom. The third kappa shape index (κ3) is 6.27. The van der Waals surface area contributed by atoms with Gasteiger partial charge in [-0.3, -0.25) is 4.79 Å². The van der Waals surface area contributed by atoms with Crippen LogP contribution in [-0.2, 0) is 0 Å². The second kappa shape index (κ2) is 11.3. The average molecular weight is 482 g/mol. The van der Waals surface area contributed by atoms with Gasteiger partial charge >= 0.3 is 11.9 Å². The molecule has 4 aromatic carbocycles. The Kier molecular flexibility index (Phi) is 7.57. The zero-order valence-electron chi connectivity index (χ0n) is 18.8. The van der Waals surface area contributed by atoms with E-state index in [1.54, 1.807) is 60.7 Å². The molecule has 0 heterocycles. The molecule has 7 nitrogen and oxygen atoms in total. The van der Waals surface area contributed by atoms with E-state index in [0.717, 1.165) is 12.1 Å². The fourth-order valence-electron chi connectivity index (χ4n) is 3.07. The minimum atomic E-state index is -0.632. The molecule has 0 aliphatic rings. The zero-order valence-corrected chi connectivity index (χ0v) is 18.8. The highest BCUT2D eigenvalue weighted by molar-refractivity contribution is 5.96. The first-order chi connectivity index (χ1) is 17.5. The van der Waals surface area contributed by atoms with Crippen LogP contribution in [0.2, 0.25) is 0 Å². The van der Waals surface area contributed by atoms with Gasteiger partial charge in [0.15, 0.2) is 0 Å². The molecule has 178 valence electrons. The molecule has 0 unspecified atom stereocenters. The summed E-state index contributed by atoms with van der Waals surface area (Å²) in [6.45, 7) is 0. The molecule has 1 amide bonds. The largest absolute Gasteiger partial charge is 0.423 e. The van der Waals surface area contributed by atoms with Crippen LogP contribution in [-0.4, -0.2) is 24.1 Å². The predicted molar refractivity (Wildman–Crippen MR) is 131 cm³/mol. The molecule has 0 aromatic heterocycles. The molecule has 0 aliphatic heterocycles. The van der Waals surface area contributed by atoms with Crippen molar-refractivity contribution in [1.82, 2.24) is 5.43 Å². The number of carbonyl (C=O) groups excluding carboxylic acids is 3. The summed E-state index contributed by atoms with van der Waals surface area (Å²) in [7, 11) is 0. The molecule has 36 heavy (non-hydrogen) atoms. The predicted octanol–water partition coefficient (Wildman–Crippen LogP) is 5.03.